The van der Waals surface area contributed by atoms with Crippen LogP contribution in [0.1, 0.15) is 55.4 Å². The Balaban J connectivity index is 0. The van der Waals surface area contributed by atoms with Crippen molar-refractivity contribution in [2.24, 2.45) is 4.99 Å². The standard InChI is InChI=1S/C17H36N4O2.HI/c1-9-18-16(20-12-15(22)23-17(6,7)8)19-10-11-21(13(2)3)14(4)5;/h13-14H,9-12H2,1-8H3,(H2,18,19,20);1H. The number of halogens is 1. The lowest BCUT2D eigenvalue weighted by Crippen LogP contribution is -2.45. The fourth-order valence-electron chi connectivity index (χ4n) is 2.28. The molecule has 0 bridgehead atoms. The number of hydrogen-bond donors (Lipinski definition) is 2. The second-order valence-electron chi connectivity index (χ2n) is 7.13. The van der Waals surface area contributed by atoms with Crippen LogP contribution in [-0.2, 0) is 9.53 Å². The Kier molecular flexibility index (Phi) is 13.6. The molecule has 0 atom stereocenters. The quantitative estimate of drug-likeness (QED) is 0.255. The zero-order valence-electron chi connectivity index (χ0n) is 16.6. The Morgan fingerprint density at radius 3 is 2.08 bits per heavy atom. The van der Waals surface area contributed by atoms with E-state index < -0.39 is 5.60 Å². The summed E-state index contributed by atoms with van der Waals surface area (Å²) in [4.78, 5) is 18.4. The average Bonchev–Trinajstić information content (AvgIpc) is 2.37. The molecule has 6 nitrogen and oxygen atoms in total. The fraction of sp³-hybridized carbons (Fsp3) is 0.882. The van der Waals surface area contributed by atoms with Crippen molar-refractivity contribution in [2.75, 3.05) is 26.2 Å². The van der Waals surface area contributed by atoms with Crippen molar-refractivity contribution >= 4 is 35.9 Å². The molecule has 0 saturated heterocycles. The maximum Gasteiger partial charge on any atom is 0.328 e. The van der Waals surface area contributed by atoms with E-state index in [1.54, 1.807) is 0 Å². The van der Waals surface area contributed by atoms with Crippen LogP contribution in [-0.4, -0.2) is 60.7 Å². The van der Waals surface area contributed by atoms with Gasteiger partial charge in [0.1, 0.15) is 12.1 Å². The number of guanidine groups is 1. The van der Waals surface area contributed by atoms with Gasteiger partial charge in [-0.05, 0) is 55.4 Å². The number of carbonyl (C=O) groups is 1. The third-order valence-corrected chi connectivity index (χ3v) is 3.12. The first-order valence-electron chi connectivity index (χ1n) is 8.56. The smallest absolute Gasteiger partial charge is 0.328 e. The summed E-state index contributed by atoms with van der Waals surface area (Å²) in [6, 6.07) is 0.996. The molecule has 0 aromatic rings. The molecular weight excluding hydrogens is 419 g/mol. The predicted molar refractivity (Wildman–Crippen MR) is 112 cm³/mol. The normalized spacial score (nSPS) is 12.4. The second-order valence-corrected chi connectivity index (χ2v) is 7.13. The predicted octanol–water partition coefficient (Wildman–Crippen LogP) is 2.62. The number of rotatable bonds is 8. The maximum atomic E-state index is 11.7. The van der Waals surface area contributed by atoms with E-state index in [2.05, 4.69) is 48.2 Å². The van der Waals surface area contributed by atoms with Gasteiger partial charge in [-0.3, -0.25) is 9.69 Å². The highest BCUT2D eigenvalue weighted by Crippen LogP contribution is 2.06. The zero-order valence-corrected chi connectivity index (χ0v) is 18.9. The number of nitrogens with zero attached hydrogens (tertiary/aromatic N) is 2. The van der Waals surface area contributed by atoms with Gasteiger partial charge in [-0.15, -0.1) is 24.0 Å². The Labute approximate surface area is 165 Å². The van der Waals surface area contributed by atoms with Crippen molar-refractivity contribution in [3.8, 4) is 0 Å². The first-order valence-corrected chi connectivity index (χ1v) is 8.56. The van der Waals surface area contributed by atoms with E-state index in [1.165, 1.54) is 0 Å². The molecular formula is C17H37IN4O2. The molecule has 0 aromatic heterocycles. The summed E-state index contributed by atoms with van der Waals surface area (Å²) in [7, 11) is 0. The highest BCUT2D eigenvalue weighted by Gasteiger charge is 2.16. The molecule has 24 heavy (non-hydrogen) atoms. The summed E-state index contributed by atoms with van der Waals surface area (Å²) in [5.41, 5.74) is -0.479. The number of carbonyl (C=O) groups excluding carboxylic acids is 1. The fourth-order valence-corrected chi connectivity index (χ4v) is 2.28. The molecule has 7 heteroatoms. The van der Waals surface area contributed by atoms with Crippen molar-refractivity contribution in [1.82, 2.24) is 15.5 Å². The Morgan fingerprint density at radius 1 is 1.12 bits per heavy atom. The van der Waals surface area contributed by atoms with Crippen molar-refractivity contribution in [3.05, 3.63) is 0 Å². The molecule has 0 aliphatic rings. The lowest BCUT2D eigenvalue weighted by atomic mass is 10.2. The minimum Gasteiger partial charge on any atom is -0.459 e. The van der Waals surface area contributed by atoms with Crippen molar-refractivity contribution in [3.63, 3.8) is 0 Å². The van der Waals surface area contributed by atoms with Crippen LogP contribution < -0.4 is 10.6 Å². The van der Waals surface area contributed by atoms with E-state index in [0.29, 0.717) is 18.0 Å². The van der Waals surface area contributed by atoms with Crippen LogP contribution >= 0.6 is 24.0 Å². The van der Waals surface area contributed by atoms with E-state index in [0.717, 1.165) is 19.6 Å². The molecule has 0 heterocycles. The van der Waals surface area contributed by atoms with Crippen LogP contribution in [0, 0.1) is 0 Å². The number of hydrogen-bond acceptors (Lipinski definition) is 4. The minimum atomic E-state index is -0.479. The number of aliphatic imine (C=N–C) groups is 1. The summed E-state index contributed by atoms with van der Waals surface area (Å²) < 4.78 is 5.26. The van der Waals surface area contributed by atoms with Crippen molar-refractivity contribution in [1.29, 1.82) is 0 Å². The minimum absolute atomic E-state index is 0. The summed E-state index contributed by atoms with van der Waals surface area (Å²) in [6.45, 7) is 18.8. The summed E-state index contributed by atoms with van der Waals surface area (Å²) in [5.74, 6) is 0.325. The van der Waals surface area contributed by atoms with Gasteiger partial charge in [-0.25, -0.2) is 4.99 Å². The van der Waals surface area contributed by atoms with Crippen LogP contribution in [0.5, 0.6) is 0 Å². The lowest BCUT2D eigenvalue weighted by Gasteiger charge is -2.30. The number of ether oxygens (including phenoxy) is 1. The molecule has 0 saturated carbocycles. The first kappa shape index (κ1) is 25.7. The molecule has 0 unspecified atom stereocenters. The third-order valence-electron chi connectivity index (χ3n) is 3.12. The van der Waals surface area contributed by atoms with Gasteiger partial charge in [-0.2, -0.15) is 0 Å². The zero-order chi connectivity index (χ0) is 18.0. The molecule has 0 aliphatic carbocycles. The van der Waals surface area contributed by atoms with Gasteiger partial charge in [0, 0.05) is 31.7 Å². The van der Waals surface area contributed by atoms with Crippen LogP contribution in [0.2, 0.25) is 0 Å². The molecule has 0 aromatic carbocycles. The van der Waals surface area contributed by atoms with Gasteiger partial charge in [0.25, 0.3) is 0 Å². The monoisotopic (exact) mass is 456 g/mol. The van der Waals surface area contributed by atoms with Gasteiger partial charge in [0.2, 0.25) is 0 Å². The van der Waals surface area contributed by atoms with E-state index >= 15 is 0 Å². The highest BCUT2D eigenvalue weighted by atomic mass is 127. The Bertz CT molecular complexity index is 371. The molecule has 0 rings (SSSR count). The molecule has 0 amide bonds. The van der Waals surface area contributed by atoms with Crippen LogP contribution in [0.15, 0.2) is 4.99 Å². The van der Waals surface area contributed by atoms with E-state index in [9.17, 15) is 4.79 Å². The third kappa shape index (κ3) is 12.8. The SMILES string of the molecule is CCNC(=NCC(=O)OC(C)(C)C)NCCN(C(C)C)C(C)C.I. The molecule has 0 radical (unpaired) electrons. The molecule has 0 aliphatic heterocycles. The summed E-state index contributed by atoms with van der Waals surface area (Å²) >= 11 is 0. The largest absolute Gasteiger partial charge is 0.459 e. The van der Waals surface area contributed by atoms with Crippen LogP contribution in [0.4, 0.5) is 0 Å². The summed E-state index contributed by atoms with van der Waals surface area (Å²) in [6.07, 6.45) is 0. The topological polar surface area (TPSA) is 66.0 Å². The van der Waals surface area contributed by atoms with Gasteiger partial charge >= 0.3 is 5.97 Å². The van der Waals surface area contributed by atoms with Crippen molar-refractivity contribution < 1.29 is 9.53 Å². The lowest BCUT2D eigenvalue weighted by molar-refractivity contribution is -0.152. The molecule has 0 spiro atoms. The highest BCUT2D eigenvalue weighted by molar-refractivity contribution is 14.0. The number of esters is 1. The Hall–Kier alpha value is -0.570. The van der Waals surface area contributed by atoms with Crippen LogP contribution in [0.3, 0.4) is 0 Å². The summed E-state index contributed by atoms with van der Waals surface area (Å²) in [5, 5.41) is 6.41. The molecule has 144 valence electrons. The van der Waals surface area contributed by atoms with Crippen LogP contribution in [0.25, 0.3) is 0 Å². The maximum absolute atomic E-state index is 11.7. The van der Waals surface area contributed by atoms with Gasteiger partial charge in [-0.1, -0.05) is 0 Å². The Morgan fingerprint density at radius 2 is 1.67 bits per heavy atom. The van der Waals surface area contributed by atoms with Gasteiger partial charge in [0.05, 0.1) is 0 Å². The second kappa shape index (κ2) is 12.7. The first-order chi connectivity index (χ1) is 10.6. The van der Waals surface area contributed by atoms with E-state index in [-0.39, 0.29) is 36.5 Å². The average molecular weight is 456 g/mol. The van der Waals surface area contributed by atoms with Crippen molar-refractivity contribution in [2.45, 2.75) is 73.1 Å². The molecule has 0 fully saturated rings. The van der Waals surface area contributed by atoms with E-state index in [1.807, 2.05) is 27.7 Å². The van der Waals surface area contributed by atoms with E-state index in [4.69, 9.17) is 4.74 Å². The van der Waals surface area contributed by atoms with Gasteiger partial charge < -0.3 is 15.4 Å². The number of nitrogens with one attached hydrogen (secondary N) is 2. The molecule has 2 N–H and O–H groups in total. The van der Waals surface area contributed by atoms with Gasteiger partial charge in [0.15, 0.2) is 5.96 Å².